The van der Waals surface area contributed by atoms with E-state index < -0.39 is 11.1 Å². The quantitative estimate of drug-likeness (QED) is 0.634. The average Bonchev–Trinajstić information content (AvgIpc) is 2.77. The summed E-state index contributed by atoms with van der Waals surface area (Å²) in [6, 6.07) is 10.6. The molecule has 1 fully saturated rings. The van der Waals surface area contributed by atoms with Crippen LogP contribution >= 0.6 is 23.4 Å². The van der Waals surface area contributed by atoms with Gasteiger partial charge in [0.05, 0.1) is 10.6 Å². The third kappa shape index (κ3) is 3.04. The highest BCUT2D eigenvalue weighted by atomic mass is 35.5. The van der Waals surface area contributed by atoms with E-state index >= 15 is 0 Å². The highest BCUT2D eigenvalue weighted by Crippen LogP contribution is 2.37. The van der Waals surface area contributed by atoms with Crippen LogP contribution in [0.5, 0.6) is 11.5 Å². The maximum atomic E-state index is 12.4. The van der Waals surface area contributed by atoms with Crippen molar-refractivity contribution in [2.75, 3.05) is 4.90 Å². The van der Waals surface area contributed by atoms with Gasteiger partial charge in [0.1, 0.15) is 0 Å². The van der Waals surface area contributed by atoms with Gasteiger partial charge in [-0.3, -0.25) is 9.59 Å². The number of rotatable bonds is 2. The Balaban J connectivity index is 1.94. The minimum Gasteiger partial charge on any atom is -0.504 e. The highest BCUT2D eigenvalue weighted by Gasteiger charge is 2.36. The Morgan fingerprint density at radius 2 is 1.83 bits per heavy atom. The maximum Gasteiger partial charge on any atom is 0.298 e. The minimum atomic E-state index is -0.463. The number of anilines is 1. The zero-order chi connectivity index (χ0) is 16.6. The number of thioether (sulfide) groups is 1. The van der Waals surface area contributed by atoms with Gasteiger partial charge in [-0.05, 0) is 53.7 Å². The van der Waals surface area contributed by atoms with E-state index in [0.717, 1.165) is 16.7 Å². The van der Waals surface area contributed by atoms with Crippen molar-refractivity contribution in [1.29, 1.82) is 0 Å². The Bertz CT molecular complexity index is 850. The first-order valence-electron chi connectivity index (χ1n) is 6.51. The second-order valence-corrected chi connectivity index (χ2v) is 6.17. The molecular formula is C16H10ClNO4S. The molecule has 23 heavy (non-hydrogen) atoms. The van der Waals surface area contributed by atoms with E-state index in [4.69, 9.17) is 11.6 Å². The van der Waals surface area contributed by atoms with Crippen LogP contribution in [0.3, 0.4) is 0 Å². The molecule has 1 aliphatic heterocycles. The zero-order valence-electron chi connectivity index (χ0n) is 11.6. The van der Waals surface area contributed by atoms with Crippen molar-refractivity contribution in [3.63, 3.8) is 0 Å². The fourth-order valence-corrected chi connectivity index (χ4v) is 3.11. The fraction of sp³-hybridized carbons (Fsp3) is 0. The summed E-state index contributed by atoms with van der Waals surface area (Å²) in [5.74, 6) is -1.02. The van der Waals surface area contributed by atoms with E-state index in [1.54, 1.807) is 18.2 Å². The molecule has 0 bridgehead atoms. The summed E-state index contributed by atoms with van der Waals surface area (Å²) < 4.78 is 0. The molecule has 116 valence electrons. The lowest BCUT2D eigenvalue weighted by atomic mass is 10.2. The lowest BCUT2D eigenvalue weighted by molar-refractivity contribution is -0.113. The number of phenols is 2. The van der Waals surface area contributed by atoms with Crippen molar-refractivity contribution >= 4 is 46.3 Å². The number of benzene rings is 2. The number of nitrogens with zero attached hydrogens (tertiary/aromatic N) is 1. The molecule has 0 radical (unpaired) electrons. The van der Waals surface area contributed by atoms with Gasteiger partial charge in [-0.15, -0.1) is 0 Å². The van der Waals surface area contributed by atoms with Crippen LogP contribution in [0.4, 0.5) is 10.5 Å². The van der Waals surface area contributed by atoms with Crippen LogP contribution in [0.15, 0.2) is 47.4 Å². The summed E-state index contributed by atoms with van der Waals surface area (Å²) in [6.07, 6.45) is 1.48. The number of carbonyl (C=O) groups excluding carboxylic acids is 2. The van der Waals surface area contributed by atoms with Gasteiger partial charge in [0, 0.05) is 5.02 Å². The maximum absolute atomic E-state index is 12.4. The number of carbonyl (C=O) groups is 2. The summed E-state index contributed by atoms with van der Waals surface area (Å²) >= 11 is 6.69. The molecule has 3 rings (SSSR count). The molecular weight excluding hydrogens is 338 g/mol. The number of halogens is 1. The Hall–Kier alpha value is -2.44. The number of hydrogen-bond donors (Lipinski definition) is 2. The van der Waals surface area contributed by atoms with Gasteiger partial charge in [-0.2, -0.15) is 0 Å². The monoisotopic (exact) mass is 347 g/mol. The summed E-state index contributed by atoms with van der Waals surface area (Å²) in [5.41, 5.74) is 0.897. The number of hydrogen-bond acceptors (Lipinski definition) is 5. The minimum absolute atomic E-state index is 0.222. The molecule has 1 heterocycles. The Morgan fingerprint density at radius 3 is 2.52 bits per heavy atom. The first-order chi connectivity index (χ1) is 11.0. The third-order valence-corrected chi connectivity index (χ3v) is 4.26. The number of amides is 2. The second kappa shape index (κ2) is 5.98. The first kappa shape index (κ1) is 15.5. The van der Waals surface area contributed by atoms with Gasteiger partial charge in [0.15, 0.2) is 11.5 Å². The van der Waals surface area contributed by atoms with Gasteiger partial charge in [0.2, 0.25) is 0 Å². The third-order valence-electron chi connectivity index (χ3n) is 3.16. The Morgan fingerprint density at radius 1 is 1.04 bits per heavy atom. The van der Waals surface area contributed by atoms with E-state index in [1.165, 1.54) is 30.3 Å². The predicted octanol–water partition coefficient (Wildman–Crippen LogP) is 3.99. The van der Waals surface area contributed by atoms with E-state index in [9.17, 15) is 19.8 Å². The number of aromatic hydroxyl groups is 2. The predicted molar refractivity (Wildman–Crippen MR) is 89.7 cm³/mol. The summed E-state index contributed by atoms with van der Waals surface area (Å²) in [4.78, 5) is 25.8. The fourth-order valence-electron chi connectivity index (χ4n) is 2.09. The summed E-state index contributed by atoms with van der Waals surface area (Å²) in [6.45, 7) is 0. The molecule has 1 aliphatic rings. The smallest absolute Gasteiger partial charge is 0.298 e. The van der Waals surface area contributed by atoms with Crippen molar-refractivity contribution in [2.45, 2.75) is 0 Å². The van der Waals surface area contributed by atoms with Gasteiger partial charge in [-0.25, -0.2) is 4.90 Å². The van der Waals surface area contributed by atoms with Crippen molar-refractivity contribution < 1.29 is 19.8 Å². The van der Waals surface area contributed by atoms with Gasteiger partial charge in [-0.1, -0.05) is 23.7 Å². The largest absolute Gasteiger partial charge is 0.504 e. The van der Waals surface area contributed by atoms with Crippen LogP contribution < -0.4 is 4.90 Å². The van der Waals surface area contributed by atoms with Gasteiger partial charge >= 0.3 is 0 Å². The van der Waals surface area contributed by atoms with Crippen LogP contribution in [0.2, 0.25) is 5.02 Å². The molecule has 0 aliphatic carbocycles. The molecule has 7 heteroatoms. The Labute approximate surface area is 140 Å². The van der Waals surface area contributed by atoms with E-state index in [1.807, 2.05) is 0 Å². The molecule has 0 aromatic heterocycles. The summed E-state index contributed by atoms with van der Waals surface area (Å²) in [7, 11) is 0. The molecule has 0 unspecified atom stereocenters. The van der Waals surface area contributed by atoms with Crippen LogP contribution in [0.1, 0.15) is 5.56 Å². The second-order valence-electron chi connectivity index (χ2n) is 4.75. The number of imide groups is 1. The van der Waals surface area contributed by atoms with Crippen LogP contribution in [-0.2, 0) is 4.79 Å². The van der Waals surface area contributed by atoms with E-state index in [-0.39, 0.29) is 16.4 Å². The normalized spacial score (nSPS) is 16.4. The Kier molecular flexibility index (Phi) is 4.02. The first-order valence-corrected chi connectivity index (χ1v) is 7.70. The van der Waals surface area contributed by atoms with Crippen molar-refractivity contribution in [3.8, 4) is 11.5 Å². The molecule has 0 spiro atoms. The molecule has 5 nitrogen and oxygen atoms in total. The highest BCUT2D eigenvalue weighted by molar-refractivity contribution is 8.19. The molecule has 2 aromatic carbocycles. The lowest BCUT2D eigenvalue weighted by Gasteiger charge is -2.12. The van der Waals surface area contributed by atoms with Crippen LogP contribution in [-0.4, -0.2) is 21.4 Å². The molecule has 2 amide bonds. The van der Waals surface area contributed by atoms with Gasteiger partial charge in [0.25, 0.3) is 11.1 Å². The summed E-state index contributed by atoms with van der Waals surface area (Å²) in [5, 5.41) is 18.8. The lowest BCUT2D eigenvalue weighted by Crippen LogP contribution is -2.27. The topological polar surface area (TPSA) is 77.8 Å². The van der Waals surface area contributed by atoms with Gasteiger partial charge < -0.3 is 10.2 Å². The van der Waals surface area contributed by atoms with Crippen LogP contribution in [0, 0.1) is 0 Å². The standard InChI is InChI=1S/C16H10ClNO4S/c17-10-2-1-3-11(8-10)18-15(21)14(23-16(18)22)7-9-4-5-12(19)13(20)6-9/h1-8,19-20H/b14-7-. The molecule has 0 saturated carbocycles. The van der Waals surface area contributed by atoms with E-state index in [2.05, 4.69) is 0 Å². The van der Waals surface area contributed by atoms with Crippen molar-refractivity contribution in [2.24, 2.45) is 0 Å². The van der Waals surface area contributed by atoms with Crippen molar-refractivity contribution in [3.05, 3.63) is 58.0 Å². The molecule has 0 atom stereocenters. The van der Waals surface area contributed by atoms with Crippen molar-refractivity contribution in [1.82, 2.24) is 0 Å². The SMILES string of the molecule is O=C1S/C(=C\c2ccc(O)c(O)c2)C(=O)N1c1cccc(Cl)c1. The molecule has 1 saturated heterocycles. The molecule has 2 N–H and O–H groups in total. The van der Waals surface area contributed by atoms with Crippen LogP contribution in [0.25, 0.3) is 6.08 Å². The number of phenolic OH excluding ortho intramolecular Hbond substituents is 2. The molecule has 2 aromatic rings. The zero-order valence-corrected chi connectivity index (χ0v) is 13.1. The van der Waals surface area contributed by atoms with E-state index in [0.29, 0.717) is 16.3 Å². The average molecular weight is 348 g/mol.